The molecule has 0 aliphatic carbocycles. The number of aliphatic imine (C=N–C) groups is 1. The molecule has 1 aromatic carbocycles. The van der Waals surface area contributed by atoms with Crippen molar-refractivity contribution in [3.05, 3.63) is 59.7 Å². The van der Waals surface area contributed by atoms with Crippen molar-refractivity contribution < 1.29 is 39.1 Å². The van der Waals surface area contributed by atoms with Crippen molar-refractivity contribution in [2.45, 2.75) is 65.0 Å². The maximum Gasteiger partial charge on any atom is 0.405 e. The Morgan fingerprint density at radius 2 is 1.90 bits per heavy atom. The zero-order valence-corrected chi connectivity index (χ0v) is 25.0. The van der Waals surface area contributed by atoms with Gasteiger partial charge in [-0.15, -0.1) is 0 Å². The van der Waals surface area contributed by atoms with Gasteiger partial charge in [0, 0.05) is 43.6 Å². The minimum Gasteiger partial charge on any atom is -0.506 e. The number of phenols is 2. The summed E-state index contributed by atoms with van der Waals surface area (Å²) in [6.45, 7) is 10.6. The van der Waals surface area contributed by atoms with E-state index in [4.69, 9.17) is 19.9 Å². The molecule has 0 saturated heterocycles. The number of benzene rings is 1. The van der Waals surface area contributed by atoms with Crippen LogP contribution in [0.4, 0.5) is 16.2 Å². The summed E-state index contributed by atoms with van der Waals surface area (Å²) in [7, 11) is 2.94. The molecule has 2 bridgehead atoms. The number of aliphatic hydroxyl groups is 1. The fourth-order valence-electron chi connectivity index (χ4n) is 4.87. The van der Waals surface area contributed by atoms with Crippen LogP contribution in [0.1, 0.15) is 39.7 Å². The predicted molar refractivity (Wildman–Crippen MR) is 162 cm³/mol. The number of anilines is 1. The number of aromatic hydroxyl groups is 2. The molecule has 1 heterocycles. The molecule has 6 atom stereocenters. The largest absolute Gasteiger partial charge is 0.506 e. The highest BCUT2D eigenvalue weighted by Crippen LogP contribution is 2.44. The van der Waals surface area contributed by atoms with Gasteiger partial charge < -0.3 is 40.6 Å². The second kappa shape index (κ2) is 15.9. The maximum atomic E-state index is 13.0. The Bertz CT molecular complexity index is 1250. The summed E-state index contributed by atoms with van der Waals surface area (Å²) in [5, 5.41) is 35.9. The number of nitrogens with zero attached hydrogens (tertiary/aromatic N) is 1. The molecule has 11 nitrogen and oxygen atoms in total. The number of allylic oxidation sites excluding steroid dienone is 3. The van der Waals surface area contributed by atoms with Crippen molar-refractivity contribution in [3.63, 3.8) is 0 Å². The lowest BCUT2D eigenvalue weighted by Gasteiger charge is -2.29. The van der Waals surface area contributed by atoms with E-state index < -0.39 is 42.3 Å². The lowest BCUT2D eigenvalue weighted by atomic mass is 9.87. The molecule has 0 aromatic heterocycles. The van der Waals surface area contributed by atoms with Crippen molar-refractivity contribution in [3.8, 4) is 11.5 Å². The highest BCUT2D eigenvalue weighted by Gasteiger charge is 2.30. The number of amides is 2. The van der Waals surface area contributed by atoms with Gasteiger partial charge in [0.2, 0.25) is 0 Å². The summed E-state index contributed by atoms with van der Waals surface area (Å²) in [5.41, 5.74) is 6.69. The summed E-state index contributed by atoms with van der Waals surface area (Å²) in [4.78, 5) is 29.0. The fraction of sp³-hybridized carbons (Fsp3) is 0.452. The molecule has 0 spiro atoms. The van der Waals surface area contributed by atoms with E-state index in [0.717, 1.165) is 0 Å². The Labute approximate surface area is 247 Å². The maximum absolute atomic E-state index is 13.0. The molecule has 230 valence electrons. The lowest BCUT2D eigenvalue weighted by Crippen LogP contribution is -2.37. The number of phenolic OH excluding ortho intramolecular Hbond substituents is 2. The average molecular weight is 586 g/mol. The number of methoxy groups -OCH3 is 2. The monoisotopic (exact) mass is 585 g/mol. The Morgan fingerprint density at radius 1 is 1.21 bits per heavy atom. The van der Waals surface area contributed by atoms with E-state index >= 15 is 0 Å². The molecule has 0 radical (unpaired) electrons. The number of nitrogens with one attached hydrogen (secondary N) is 1. The van der Waals surface area contributed by atoms with Gasteiger partial charge in [0.1, 0.15) is 23.3 Å². The number of carbonyl (C=O) groups excluding carboxylic acids is 2. The Kier molecular flexibility index (Phi) is 13.0. The number of carbonyl (C=O) groups is 2. The van der Waals surface area contributed by atoms with Crippen LogP contribution in [0.5, 0.6) is 11.5 Å². The van der Waals surface area contributed by atoms with Gasteiger partial charge >= 0.3 is 6.09 Å². The standard InChI is InChI=1S/C31H43N3O8/c1-8-12-33-26-21-13-17(2)14-25(41-7)27(36)19(4)15-20(5)29(42-31(32)39)24(40-6)11-9-10-18(3)30(38)34-22(28(21)37)16-23(26)35/h8-12,15-17,19,24-25,27,29,35-37H,1,13-14H2,2-7H3,(H2,32,39)(H,34,38). The molecule has 0 fully saturated rings. The third kappa shape index (κ3) is 9.04. The number of primary amides is 1. The molecule has 6 unspecified atom stereocenters. The van der Waals surface area contributed by atoms with E-state index in [-0.39, 0.29) is 40.8 Å². The van der Waals surface area contributed by atoms with Crippen LogP contribution < -0.4 is 11.1 Å². The first-order chi connectivity index (χ1) is 19.8. The molecular weight excluding hydrogens is 542 g/mol. The zero-order valence-electron chi connectivity index (χ0n) is 25.0. The molecule has 1 aliphatic heterocycles. The molecule has 1 aromatic rings. The molecular formula is C31H43N3O8. The molecule has 42 heavy (non-hydrogen) atoms. The summed E-state index contributed by atoms with van der Waals surface area (Å²) in [6.07, 6.45) is 5.69. The van der Waals surface area contributed by atoms with Crippen LogP contribution in [-0.2, 0) is 25.4 Å². The SMILES string of the molecule is C=CC=Nc1c(O)cc2c(O)c1CC(C)CC(OC)C(O)C(C)C=C(C)C(OC(N)=O)C(OC)C=CC=C(C)C(=O)N2. The normalized spacial score (nSPS) is 26.3. The smallest absolute Gasteiger partial charge is 0.405 e. The van der Waals surface area contributed by atoms with Gasteiger partial charge in [-0.3, -0.25) is 9.79 Å². The molecule has 6 N–H and O–H groups in total. The molecule has 1 aliphatic rings. The van der Waals surface area contributed by atoms with Gasteiger partial charge in [0.15, 0.2) is 6.10 Å². The number of nitrogens with two attached hydrogens (primary N) is 1. The summed E-state index contributed by atoms with van der Waals surface area (Å²) in [5.74, 6) is -1.61. The van der Waals surface area contributed by atoms with Crippen LogP contribution in [0.3, 0.4) is 0 Å². The van der Waals surface area contributed by atoms with E-state index in [1.807, 2.05) is 13.8 Å². The van der Waals surface area contributed by atoms with Gasteiger partial charge in [-0.25, -0.2) is 4.79 Å². The number of hydrogen-bond donors (Lipinski definition) is 5. The average Bonchev–Trinajstić information content (AvgIpc) is 2.94. The van der Waals surface area contributed by atoms with Crippen LogP contribution in [0.15, 0.2) is 59.2 Å². The first-order valence-corrected chi connectivity index (χ1v) is 13.6. The van der Waals surface area contributed by atoms with Gasteiger partial charge in [0.05, 0.1) is 17.9 Å². The topological polar surface area (TPSA) is 173 Å². The number of hydrogen-bond acceptors (Lipinski definition) is 9. The van der Waals surface area contributed by atoms with Gasteiger partial charge in [-0.1, -0.05) is 50.8 Å². The Hall–Kier alpha value is -3.93. The minimum atomic E-state index is -0.994. The van der Waals surface area contributed by atoms with Gasteiger partial charge in [0.25, 0.3) is 5.91 Å². The number of rotatable bonds is 5. The van der Waals surface area contributed by atoms with Crippen molar-refractivity contribution in [1.29, 1.82) is 0 Å². The summed E-state index contributed by atoms with van der Waals surface area (Å²) < 4.78 is 16.6. The van der Waals surface area contributed by atoms with E-state index in [9.17, 15) is 24.9 Å². The minimum absolute atomic E-state index is 0.00774. The van der Waals surface area contributed by atoms with Crippen molar-refractivity contribution in [2.75, 3.05) is 19.5 Å². The number of fused-ring (bicyclic) bond motifs is 2. The zero-order chi connectivity index (χ0) is 31.6. The van der Waals surface area contributed by atoms with Gasteiger partial charge in [-0.05, 0) is 38.2 Å². The van der Waals surface area contributed by atoms with E-state index in [2.05, 4.69) is 16.9 Å². The number of aliphatic hydroxyl groups excluding tert-OH is 1. The Morgan fingerprint density at radius 3 is 2.50 bits per heavy atom. The third-order valence-corrected chi connectivity index (χ3v) is 7.11. The quantitative estimate of drug-likeness (QED) is 0.146. The second-order valence-electron chi connectivity index (χ2n) is 10.5. The van der Waals surface area contributed by atoms with Crippen LogP contribution in [0.25, 0.3) is 0 Å². The van der Waals surface area contributed by atoms with E-state index in [1.54, 1.807) is 32.1 Å². The molecule has 11 heteroatoms. The molecule has 2 rings (SSSR count). The van der Waals surface area contributed by atoms with Crippen LogP contribution in [0, 0.1) is 11.8 Å². The van der Waals surface area contributed by atoms with Crippen molar-refractivity contribution >= 4 is 29.6 Å². The molecule has 0 saturated carbocycles. The fourth-order valence-corrected chi connectivity index (χ4v) is 4.87. The van der Waals surface area contributed by atoms with Crippen molar-refractivity contribution in [1.82, 2.24) is 0 Å². The summed E-state index contributed by atoms with van der Waals surface area (Å²) in [6, 6.07) is 1.23. The van der Waals surface area contributed by atoms with E-state index in [1.165, 1.54) is 38.7 Å². The Balaban J connectivity index is 2.69. The first kappa shape index (κ1) is 34.3. The van der Waals surface area contributed by atoms with Crippen LogP contribution in [0.2, 0.25) is 0 Å². The number of ether oxygens (including phenoxy) is 3. The van der Waals surface area contributed by atoms with Gasteiger partial charge in [-0.2, -0.15) is 0 Å². The van der Waals surface area contributed by atoms with E-state index in [0.29, 0.717) is 17.6 Å². The highest BCUT2D eigenvalue weighted by atomic mass is 16.6. The van der Waals surface area contributed by atoms with Crippen LogP contribution in [-0.4, -0.2) is 72.2 Å². The first-order valence-electron chi connectivity index (χ1n) is 13.6. The predicted octanol–water partition coefficient (Wildman–Crippen LogP) is 4.45. The molecule has 2 amide bonds. The van der Waals surface area contributed by atoms with Crippen molar-refractivity contribution in [2.24, 2.45) is 22.6 Å². The lowest BCUT2D eigenvalue weighted by molar-refractivity contribution is -0.112. The second-order valence-corrected chi connectivity index (χ2v) is 10.5. The summed E-state index contributed by atoms with van der Waals surface area (Å²) >= 11 is 0. The highest BCUT2D eigenvalue weighted by molar-refractivity contribution is 6.04. The van der Waals surface area contributed by atoms with Crippen LogP contribution >= 0.6 is 0 Å². The third-order valence-electron chi connectivity index (χ3n) is 7.11.